The van der Waals surface area contributed by atoms with Crippen LogP contribution in [0.2, 0.25) is 0 Å². The topological polar surface area (TPSA) is 74.9 Å². The monoisotopic (exact) mass is 367 g/mol. The molecule has 7 heteroatoms. The molecule has 0 radical (unpaired) electrons. The van der Waals surface area contributed by atoms with Crippen LogP contribution in [0.15, 0.2) is 16.7 Å². The molecule has 0 aromatic carbocycles. The van der Waals surface area contributed by atoms with E-state index in [0.29, 0.717) is 17.9 Å². The van der Waals surface area contributed by atoms with Gasteiger partial charge in [-0.3, -0.25) is 14.0 Å². The smallest absolute Gasteiger partial charge is 0.305 e. The summed E-state index contributed by atoms with van der Waals surface area (Å²) >= 11 is 3.43. The fourth-order valence-electron chi connectivity index (χ4n) is 2.42. The Balaban J connectivity index is 2.46. The summed E-state index contributed by atoms with van der Waals surface area (Å²) in [5.74, 6) is -1.12. The molecule has 0 spiro atoms. The third-order valence-corrected chi connectivity index (χ3v) is 3.95. The minimum Gasteiger partial charge on any atom is -0.481 e. The minimum absolute atomic E-state index is 0.0713. The van der Waals surface area contributed by atoms with Crippen molar-refractivity contribution in [3.8, 4) is 0 Å². The number of aromatic nitrogens is 2. The maximum atomic E-state index is 12.8. The molecule has 0 bridgehead atoms. The minimum atomic E-state index is -0.917. The summed E-state index contributed by atoms with van der Waals surface area (Å²) in [5, 5.41) is 8.81. The highest BCUT2D eigenvalue weighted by Gasteiger charge is 2.22. The van der Waals surface area contributed by atoms with Crippen molar-refractivity contribution in [2.45, 2.75) is 27.2 Å². The van der Waals surface area contributed by atoms with Crippen LogP contribution >= 0.6 is 15.9 Å². The summed E-state index contributed by atoms with van der Waals surface area (Å²) in [6, 6.07) is 1.94. The second-order valence-corrected chi connectivity index (χ2v) is 6.02. The summed E-state index contributed by atoms with van der Waals surface area (Å²) < 4.78 is 2.62. The van der Waals surface area contributed by atoms with Gasteiger partial charge in [-0.25, -0.2) is 4.98 Å². The van der Waals surface area contributed by atoms with Crippen molar-refractivity contribution < 1.29 is 14.7 Å². The van der Waals surface area contributed by atoms with Gasteiger partial charge in [-0.1, -0.05) is 0 Å². The first kappa shape index (κ1) is 16.5. The number of carbonyl (C=O) groups is 2. The first-order chi connectivity index (χ1) is 10.3. The quantitative estimate of drug-likeness (QED) is 0.881. The van der Waals surface area contributed by atoms with Crippen LogP contribution in [0.1, 0.15) is 35.1 Å². The van der Waals surface area contributed by atoms with Crippen molar-refractivity contribution in [1.29, 1.82) is 0 Å². The summed E-state index contributed by atoms with van der Waals surface area (Å²) in [6.07, 6.45) is 1.73. The first-order valence-electron chi connectivity index (χ1n) is 7.01. The largest absolute Gasteiger partial charge is 0.481 e. The number of hydrogen-bond acceptors (Lipinski definition) is 3. The zero-order valence-corrected chi connectivity index (χ0v) is 14.3. The number of carboxylic acids is 1. The highest BCUT2D eigenvalue weighted by molar-refractivity contribution is 9.10. The summed E-state index contributed by atoms with van der Waals surface area (Å²) in [6.45, 7) is 6.19. The van der Waals surface area contributed by atoms with Gasteiger partial charge in [0, 0.05) is 23.8 Å². The van der Waals surface area contributed by atoms with E-state index in [4.69, 9.17) is 5.11 Å². The lowest BCUT2D eigenvalue weighted by Gasteiger charge is -2.20. The molecule has 0 atom stereocenters. The van der Waals surface area contributed by atoms with Crippen LogP contribution in [-0.2, 0) is 4.79 Å². The summed E-state index contributed by atoms with van der Waals surface area (Å²) in [4.78, 5) is 29.5. The molecule has 22 heavy (non-hydrogen) atoms. The molecule has 0 unspecified atom stereocenters. The Morgan fingerprint density at radius 1 is 1.41 bits per heavy atom. The van der Waals surface area contributed by atoms with Crippen LogP contribution in [0.3, 0.4) is 0 Å². The summed E-state index contributed by atoms with van der Waals surface area (Å²) in [7, 11) is 0. The van der Waals surface area contributed by atoms with Gasteiger partial charge in [0.05, 0.1) is 12.1 Å². The molecule has 0 fully saturated rings. The molecule has 0 saturated heterocycles. The van der Waals surface area contributed by atoms with Crippen LogP contribution < -0.4 is 0 Å². The molecule has 1 amide bonds. The maximum Gasteiger partial charge on any atom is 0.305 e. The Kier molecular flexibility index (Phi) is 4.85. The fourth-order valence-corrected chi connectivity index (χ4v) is 2.97. The lowest BCUT2D eigenvalue weighted by molar-refractivity contribution is -0.137. The van der Waals surface area contributed by atoms with Crippen LogP contribution in [-0.4, -0.2) is 44.4 Å². The van der Waals surface area contributed by atoms with Crippen LogP contribution in [0, 0.1) is 13.8 Å². The van der Waals surface area contributed by atoms with Gasteiger partial charge in [0.2, 0.25) is 0 Å². The number of rotatable bonds is 5. The standard InChI is InChI=1S/C15H18BrN3O3/c1-4-18(6-5-12(20)21)15(22)13-10(3)17-14-9(2)7-11(16)8-19(13)14/h7-8H,4-6H2,1-3H3,(H,20,21). The average molecular weight is 368 g/mol. The van der Waals surface area contributed by atoms with Crippen LogP contribution in [0.4, 0.5) is 0 Å². The average Bonchev–Trinajstić information content (AvgIpc) is 2.75. The van der Waals surface area contributed by atoms with E-state index in [1.165, 1.54) is 4.90 Å². The number of aryl methyl sites for hydroxylation is 2. The Labute approximate surface area is 136 Å². The van der Waals surface area contributed by atoms with E-state index in [1.807, 2.05) is 19.9 Å². The molecule has 2 heterocycles. The van der Waals surface area contributed by atoms with Gasteiger partial charge in [-0.2, -0.15) is 0 Å². The third kappa shape index (κ3) is 3.14. The molecule has 0 aliphatic heterocycles. The molecule has 0 aliphatic rings. The second kappa shape index (κ2) is 6.48. The molecule has 118 valence electrons. The Morgan fingerprint density at radius 2 is 2.09 bits per heavy atom. The molecule has 6 nitrogen and oxygen atoms in total. The van der Waals surface area contributed by atoms with E-state index in [1.54, 1.807) is 17.5 Å². The molecule has 2 rings (SSSR count). The lowest BCUT2D eigenvalue weighted by atomic mass is 10.2. The number of nitrogens with zero attached hydrogens (tertiary/aromatic N) is 3. The highest BCUT2D eigenvalue weighted by atomic mass is 79.9. The maximum absolute atomic E-state index is 12.8. The molecule has 2 aromatic heterocycles. The number of imidazole rings is 1. The van der Waals surface area contributed by atoms with Gasteiger partial charge in [-0.15, -0.1) is 0 Å². The Morgan fingerprint density at radius 3 is 2.68 bits per heavy atom. The third-order valence-electron chi connectivity index (χ3n) is 3.51. The van der Waals surface area contributed by atoms with E-state index in [2.05, 4.69) is 20.9 Å². The molecular weight excluding hydrogens is 350 g/mol. The number of pyridine rings is 1. The fraction of sp³-hybridized carbons (Fsp3) is 0.400. The Hall–Kier alpha value is -1.89. The van der Waals surface area contributed by atoms with E-state index in [9.17, 15) is 9.59 Å². The Bertz CT molecular complexity index is 739. The van der Waals surface area contributed by atoms with Gasteiger partial charge >= 0.3 is 5.97 Å². The predicted molar refractivity (Wildman–Crippen MR) is 86.2 cm³/mol. The van der Waals surface area contributed by atoms with E-state index in [0.717, 1.165) is 15.7 Å². The van der Waals surface area contributed by atoms with E-state index >= 15 is 0 Å². The zero-order valence-electron chi connectivity index (χ0n) is 12.8. The molecule has 0 aliphatic carbocycles. The lowest BCUT2D eigenvalue weighted by Crippen LogP contribution is -2.34. The van der Waals surface area contributed by atoms with Crippen molar-refractivity contribution >= 4 is 33.5 Å². The van der Waals surface area contributed by atoms with Gasteiger partial charge in [0.15, 0.2) is 0 Å². The molecular formula is C15H18BrN3O3. The number of halogens is 1. The van der Waals surface area contributed by atoms with Gasteiger partial charge in [0.1, 0.15) is 11.3 Å². The predicted octanol–water partition coefficient (Wildman–Crippen LogP) is 2.65. The SMILES string of the molecule is CCN(CCC(=O)O)C(=O)c1c(C)nc2c(C)cc(Br)cn12. The molecule has 1 N–H and O–H groups in total. The highest BCUT2D eigenvalue weighted by Crippen LogP contribution is 2.21. The van der Waals surface area contributed by atoms with Crippen molar-refractivity contribution in [3.63, 3.8) is 0 Å². The van der Waals surface area contributed by atoms with E-state index < -0.39 is 5.97 Å². The number of hydrogen-bond donors (Lipinski definition) is 1. The number of carbonyl (C=O) groups excluding carboxylic acids is 1. The van der Waals surface area contributed by atoms with Crippen molar-refractivity contribution in [3.05, 3.63) is 33.7 Å². The number of aliphatic carboxylic acids is 1. The normalized spacial score (nSPS) is 10.9. The zero-order chi connectivity index (χ0) is 16.4. The number of fused-ring (bicyclic) bond motifs is 1. The van der Waals surface area contributed by atoms with Crippen LogP contribution in [0.25, 0.3) is 5.65 Å². The van der Waals surface area contributed by atoms with Crippen LogP contribution in [0.5, 0.6) is 0 Å². The van der Waals surface area contributed by atoms with Gasteiger partial charge < -0.3 is 10.0 Å². The summed E-state index contributed by atoms with van der Waals surface area (Å²) in [5.41, 5.74) is 2.81. The first-order valence-corrected chi connectivity index (χ1v) is 7.80. The number of carboxylic acid groups (broad SMARTS) is 1. The van der Waals surface area contributed by atoms with Crippen molar-refractivity contribution in [2.24, 2.45) is 0 Å². The van der Waals surface area contributed by atoms with E-state index in [-0.39, 0.29) is 18.9 Å². The molecule has 0 saturated carbocycles. The number of amides is 1. The second-order valence-electron chi connectivity index (χ2n) is 5.11. The van der Waals surface area contributed by atoms with Crippen molar-refractivity contribution in [1.82, 2.24) is 14.3 Å². The van der Waals surface area contributed by atoms with Crippen molar-refractivity contribution in [2.75, 3.05) is 13.1 Å². The molecule has 2 aromatic rings. The van der Waals surface area contributed by atoms with Gasteiger partial charge in [0.25, 0.3) is 5.91 Å². The van der Waals surface area contributed by atoms with Gasteiger partial charge in [-0.05, 0) is 48.3 Å².